The summed E-state index contributed by atoms with van der Waals surface area (Å²) in [5.41, 5.74) is -3.42. The molecular weight excluding hydrogens is 297 g/mol. The first-order valence-electron chi connectivity index (χ1n) is 5.78. The zero-order valence-corrected chi connectivity index (χ0v) is 11.9. The van der Waals surface area contributed by atoms with Crippen molar-refractivity contribution in [3.8, 4) is 0 Å². The van der Waals surface area contributed by atoms with Crippen molar-refractivity contribution in [3.63, 3.8) is 0 Å². The Morgan fingerprint density at radius 3 is 2.14 bits per heavy atom. The van der Waals surface area contributed by atoms with Gasteiger partial charge < -0.3 is 20.1 Å². The molecule has 2 atom stereocenters. The maximum Gasteiger partial charge on any atom is 0.422 e. The van der Waals surface area contributed by atoms with Crippen molar-refractivity contribution in [2.45, 2.75) is 25.6 Å². The second kappa shape index (κ2) is 6.64. The van der Waals surface area contributed by atoms with Gasteiger partial charge in [0.15, 0.2) is 0 Å². The molecule has 0 aliphatic rings. The number of nitrogens with zero attached hydrogens (tertiary/aromatic N) is 1. The molecule has 0 heterocycles. The summed E-state index contributed by atoms with van der Waals surface area (Å²) in [6.45, 7) is 1.52. The van der Waals surface area contributed by atoms with Crippen LogP contribution in [0.5, 0.6) is 0 Å². The van der Waals surface area contributed by atoms with Gasteiger partial charge in [-0.15, -0.1) is 0 Å². The maximum atomic E-state index is 12.7. The number of carboxylic acid groups (broad SMARTS) is 1. The molecule has 0 aromatic heterocycles. The summed E-state index contributed by atoms with van der Waals surface area (Å²) >= 11 is 0. The third-order valence-electron chi connectivity index (χ3n) is 2.85. The monoisotopic (exact) mass is 314 g/mol. The van der Waals surface area contributed by atoms with E-state index in [0.29, 0.717) is 6.92 Å². The van der Waals surface area contributed by atoms with Gasteiger partial charge in [0.1, 0.15) is 0 Å². The third-order valence-corrected chi connectivity index (χ3v) is 2.85. The van der Waals surface area contributed by atoms with E-state index >= 15 is 0 Å². The second-order valence-electron chi connectivity index (χ2n) is 4.66. The molecule has 0 saturated carbocycles. The smallest absolute Gasteiger partial charge is 0.422 e. The molecule has 0 bridgehead atoms. The number of hydrogen-bond donors (Lipinski definition) is 2. The molecule has 0 spiro atoms. The van der Waals surface area contributed by atoms with Gasteiger partial charge in [0.2, 0.25) is 5.54 Å². The van der Waals surface area contributed by atoms with E-state index in [2.05, 4.69) is 4.74 Å². The highest BCUT2D eigenvalue weighted by Gasteiger charge is 2.58. The molecule has 0 aliphatic carbocycles. The fourth-order valence-corrected chi connectivity index (χ4v) is 1.32. The largest absolute Gasteiger partial charge is 0.479 e. The Morgan fingerprint density at radius 1 is 1.33 bits per heavy atom. The molecule has 0 rings (SSSR count). The van der Waals surface area contributed by atoms with E-state index in [1.54, 1.807) is 0 Å². The van der Waals surface area contributed by atoms with Crippen molar-refractivity contribution in [1.29, 1.82) is 0 Å². The van der Waals surface area contributed by atoms with Gasteiger partial charge in [-0.3, -0.25) is 4.79 Å². The van der Waals surface area contributed by atoms with Crippen LogP contribution in [-0.4, -0.2) is 60.4 Å². The number of rotatable bonds is 5. The number of alkyl halides is 3. The Morgan fingerprint density at radius 2 is 1.81 bits per heavy atom. The fourth-order valence-electron chi connectivity index (χ4n) is 1.32. The molecule has 2 unspecified atom stereocenters. The van der Waals surface area contributed by atoms with E-state index in [1.807, 2.05) is 0 Å². The molecular formula is C11H17F3N2O5. The van der Waals surface area contributed by atoms with Crippen LogP contribution in [0.3, 0.4) is 0 Å². The van der Waals surface area contributed by atoms with Crippen LogP contribution in [0.15, 0.2) is 0 Å². The quantitative estimate of drug-likeness (QED) is 0.733. The van der Waals surface area contributed by atoms with Crippen LogP contribution in [0.1, 0.15) is 13.8 Å². The Hall–Kier alpha value is -2.00. The summed E-state index contributed by atoms with van der Waals surface area (Å²) < 4.78 is 42.6. The summed E-state index contributed by atoms with van der Waals surface area (Å²) in [6.07, 6.45) is -5.18. The number of urea groups is 1. The van der Waals surface area contributed by atoms with Crippen molar-refractivity contribution >= 4 is 18.0 Å². The van der Waals surface area contributed by atoms with Gasteiger partial charge >= 0.3 is 24.1 Å². The lowest BCUT2D eigenvalue weighted by Crippen LogP contribution is -2.63. The van der Waals surface area contributed by atoms with E-state index in [1.165, 1.54) is 12.2 Å². The van der Waals surface area contributed by atoms with Gasteiger partial charge in [-0.2, -0.15) is 13.2 Å². The van der Waals surface area contributed by atoms with Crippen LogP contribution in [-0.2, 0) is 14.3 Å². The number of ether oxygens (including phenoxy) is 1. The number of methoxy groups -OCH3 is 1. The van der Waals surface area contributed by atoms with Crippen molar-refractivity contribution in [1.82, 2.24) is 10.2 Å². The van der Waals surface area contributed by atoms with Crippen LogP contribution in [0.4, 0.5) is 18.0 Å². The van der Waals surface area contributed by atoms with E-state index in [4.69, 9.17) is 5.11 Å². The Labute approximate surface area is 119 Å². The zero-order valence-electron chi connectivity index (χ0n) is 11.9. The number of amides is 2. The molecule has 2 amide bonds. The minimum atomic E-state index is -5.18. The molecule has 21 heavy (non-hydrogen) atoms. The van der Waals surface area contributed by atoms with Crippen LogP contribution < -0.4 is 5.32 Å². The number of aliphatic carboxylic acids is 1. The number of carbonyl (C=O) groups excluding carboxylic acids is 2. The van der Waals surface area contributed by atoms with E-state index < -0.39 is 35.6 Å². The van der Waals surface area contributed by atoms with Gasteiger partial charge in [-0.1, -0.05) is 6.92 Å². The lowest BCUT2D eigenvalue weighted by molar-refractivity contribution is -0.203. The first-order valence-corrected chi connectivity index (χ1v) is 5.78. The van der Waals surface area contributed by atoms with Crippen LogP contribution in [0.25, 0.3) is 0 Å². The number of esters is 1. The van der Waals surface area contributed by atoms with E-state index in [9.17, 15) is 27.6 Å². The normalized spacial score (nSPS) is 15.6. The average molecular weight is 314 g/mol. The molecule has 2 N–H and O–H groups in total. The highest BCUT2D eigenvalue weighted by Crippen LogP contribution is 2.30. The molecule has 0 fully saturated rings. The first-order chi connectivity index (χ1) is 9.36. The third kappa shape index (κ3) is 4.50. The standard InChI is InChI=1S/C11H17F3N2O5/c1-6(7(17)21-4)5-16(3)9(20)15-10(2,8(18)19)11(12,13)14/h6H,5H2,1-4H3,(H,15,20)(H,18,19). The maximum absolute atomic E-state index is 12.7. The number of carbonyl (C=O) groups is 3. The molecule has 0 aromatic rings. The summed E-state index contributed by atoms with van der Waals surface area (Å²) in [7, 11) is 2.26. The molecule has 0 aromatic carbocycles. The number of carboxylic acids is 1. The van der Waals surface area contributed by atoms with Gasteiger partial charge in [0, 0.05) is 13.6 Å². The first kappa shape index (κ1) is 19.0. The molecule has 0 saturated heterocycles. The Kier molecular flexibility index (Phi) is 6.00. The average Bonchev–Trinajstić information content (AvgIpc) is 2.35. The summed E-state index contributed by atoms with van der Waals surface area (Å²) in [5.74, 6) is -3.66. The van der Waals surface area contributed by atoms with Gasteiger partial charge in [-0.25, -0.2) is 9.59 Å². The Balaban J connectivity index is 4.95. The lowest BCUT2D eigenvalue weighted by atomic mass is 10.0. The van der Waals surface area contributed by atoms with Crippen molar-refractivity contribution in [2.75, 3.05) is 20.7 Å². The van der Waals surface area contributed by atoms with Crippen molar-refractivity contribution in [2.24, 2.45) is 5.92 Å². The molecule has 10 heteroatoms. The summed E-state index contributed by atoms with van der Waals surface area (Å²) in [4.78, 5) is 34.4. The number of hydrogen-bond acceptors (Lipinski definition) is 4. The lowest BCUT2D eigenvalue weighted by Gasteiger charge is -2.31. The topological polar surface area (TPSA) is 95.9 Å². The fraction of sp³-hybridized carbons (Fsp3) is 0.727. The van der Waals surface area contributed by atoms with Gasteiger partial charge in [0.05, 0.1) is 13.0 Å². The van der Waals surface area contributed by atoms with Crippen LogP contribution in [0, 0.1) is 5.92 Å². The molecule has 0 radical (unpaired) electrons. The predicted molar refractivity (Wildman–Crippen MR) is 64.4 cm³/mol. The molecule has 0 aliphatic heterocycles. The summed E-state index contributed by atoms with van der Waals surface area (Å²) in [6, 6.07) is -1.27. The van der Waals surface area contributed by atoms with Crippen molar-refractivity contribution in [3.05, 3.63) is 0 Å². The molecule has 122 valence electrons. The number of halogens is 3. The van der Waals surface area contributed by atoms with Crippen LogP contribution in [0.2, 0.25) is 0 Å². The van der Waals surface area contributed by atoms with Crippen molar-refractivity contribution < 1.29 is 37.4 Å². The minimum absolute atomic E-state index is 0.230. The Bertz CT molecular complexity index is 427. The molecule has 7 nitrogen and oxygen atoms in total. The second-order valence-corrected chi connectivity index (χ2v) is 4.66. The zero-order chi connectivity index (χ0) is 17.0. The highest BCUT2D eigenvalue weighted by molar-refractivity contribution is 5.87. The predicted octanol–water partition coefficient (Wildman–Crippen LogP) is 0.842. The number of nitrogens with one attached hydrogen (secondary N) is 1. The van der Waals surface area contributed by atoms with Crippen LogP contribution >= 0.6 is 0 Å². The van der Waals surface area contributed by atoms with Gasteiger partial charge in [0.25, 0.3) is 0 Å². The SMILES string of the molecule is COC(=O)C(C)CN(C)C(=O)NC(C)(C(=O)O)C(F)(F)F. The van der Waals surface area contributed by atoms with Gasteiger partial charge in [-0.05, 0) is 6.92 Å². The van der Waals surface area contributed by atoms with E-state index in [-0.39, 0.29) is 6.54 Å². The minimum Gasteiger partial charge on any atom is -0.479 e. The summed E-state index contributed by atoms with van der Waals surface area (Å²) in [5, 5.41) is 10.1. The van der Waals surface area contributed by atoms with E-state index in [0.717, 1.165) is 19.1 Å². The highest BCUT2D eigenvalue weighted by atomic mass is 19.4.